The maximum absolute atomic E-state index is 14.9. The summed E-state index contributed by atoms with van der Waals surface area (Å²) in [5.74, 6) is -0.673. The third-order valence-corrected chi connectivity index (χ3v) is 10.1. The van der Waals surface area contributed by atoms with E-state index in [0.29, 0.717) is 28.8 Å². The molecule has 1 fully saturated rings. The predicted molar refractivity (Wildman–Crippen MR) is 155 cm³/mol. The van der Waals surface area contributed by atoms with Crippen molar-refractivity contribution in [3.05, 3.63) is 82.2 Å². The van der Waals surface area contributed by atoms with Crippen molar-refractivity contribution in [3.63, 3.8) is 0 Å². The van der Waals surface area contributed by atoms with E-state index in [1.165, 1.54) is 52.1 Å². The van der Waals surface area contributed by atoms with Crippen LogP contribution in [0.5, 0.6) is 5.75 Å². The second-order valence-electron chi connectivity index (χ2n) is 11.7. The highest BCUT2D eigenvalue weighted by molar-refractivity contribution is 7.92. The van der Waals surface area contributed by atoms with Crippen molar-refractivity contribution < 1.29 is 53.4 Å². The van der Waals surface area contributed by atoms with Gasteiger partial charge in [-0.25, -0.2) is 17.6 Å². The summed E-state index contributed by atoms with van der Waals surface area (Å²) in [6.07, 6.45) is -12.8. The summed E-state index contributed by atoms with van der Waals surface area (Å²) in [7, 11) is -2.51. The number of hydrogen-bond donors (Lipinski definition) is 0. The summed E-state index contributed by atoms with van der Waals surface area (Å²) in [5, 5.41) is -0.817. The molecule has 250 valence electrons. The lowest BCUT2D eigenvalue weighted by molar-refractivity contribution is -0.143. The van der Waals surface area contributed by atoms with Crippen LogP contribution in [0.2, 0.25) is 0 Å². The standard InChI is InChI=1S/C32H32F7NO5S/c1-16(2)25-13-26(28(44-6)14-27(25)33)24-8-7-23(46(42,43)17(3)4)11-20(24)15-40-18(5)29(45-30(40)41)19-9-21(31(34,35)36)12-22(10-19)32(37,38)39/h7-14,16-18,29H,15H2,1-6H3/t18-,29-/m0/s1. The van der Waals surface area contributed by atoms with Crippen LogP contribution < -0.4 is 4.74 Å². The van der Waals surface area contributed by atoms with Gasteiger partial charge in [0.05, 0.1) is 41.0 Å². The summed E-state index contributed by atoms with van der Waals surface area (Å²) in [5.41, 5.74) is -2.31. The van der Waals surface area contributed by atoms with Gasteiger partial charge in [0.15, 0.2) is 9.84 Å². The summed E-state index contributed by atoms with van der Waals surface area (Å²) in [4.78, 5) is 14.2. The number of rotatable bonds is 8. The predicted octanol–water partition coefficient (Wildman–Crippen LogP) is 8.93. The maximum Gasteiger partial charge on any atom is 0.416 e. The molecule has 6 nitrogen and oxygen atoms in total. The van der Waals surface area contributed by atoms with E-state index in [-0.39, 0.29) is 34.7 Å². The van der Waals surface area contributed by atoms with Gasteiger partial charge in [0.25, 0.3) is 0 Å². The van der Waals surface area contributed by atoms with Gasteiger partial charge < -0.3 is 9.47 Å². The van der Waals surface area contributed by atoms with Crippen LogP contribution >= 0.6 is 0 Å². The van der Waals surface area contributed by atoms with Crippen molar-refractivity contribution in [2.24, 2.45) is 0 Å². The number of amides is 1. The molecule has 0 N–H and O–H groups in total. The normalized spacial score (nSPS) is 17.6. The van der Waals surface area contributed by atoms with E-state index in [1.54, 1.807) is 19.9 Å². The average Bonchev–Trinajstić information content (AvgIpc) is 3.24. The fourth-order valence-electron chi connectivity index (χ4n) is 5.29. The molecule has 0 bridgehead atoms. The number of cyclic esters (lactones) is 1. The van der Waals surface area contributed by atoms with E-state index >= 15 is 0 Å². The van der Waals surface area contributed by atoms with Crippen molar-refractivity contribution in [2.75, 3.05) is 7.11 Å². The summed E-state index contributed by atoms with van der Waals surface area (Å²) in [6.45, 7) is 7.55. The molecule has 0 unspecified atom stereocenters. The first-order chi connectivity index (χ1) is 21.2. The molecule has 0 spiro atoms. The molecule has 1 saturated heterocycles. The maximum atomic E-state index is 14.9. The first kappa shape index (κ1) is 35.1. The Labute approximate surface area is 262 Å². The van der Waals surface area contributed by atoms with Crippen LogP contribution in [0.3, 0.4) is 0 Å². The van der Waals surface area contributed by atoms with Crippen LogP contribution in [0.15, 0.2) is 53.4 Å². The Morgan fingerprint density at radius 2 is 1.48 bits per heavy atom. The molecule has 3 aromatic carbocycles. The first-order valence-electron chi connectivity index (χ1n) is 14.2. The Bertz CT molecular complexity index is 1720. The van der Waals surface area contributed by atoms with Crippen LogP contribution in [0.4, 0.5) is 35.5 Å². The second kappa shape index (κ2) is 12.4. The second-order valence-corrected chi connectivity index (χ2v) is 14.2. The third kappa shape index (κ3) is 6.81. The van der Waals surface area contributed by atoms with Crippen molar-refractivity contribution in [2.45, 2.75) is 81.7 Å². The van der Waals surface area contributed by atoms with Gasteiger partial charge in [-0.05, 0) is 85.3 Å². The number of methoxy groups -OCH3 is 1. The lowest BCUT2D eigenvalue weighted by Crippen LogP contribution is -2.32. The molecular weight excluding hydrogens is 643 g/mol. The number of sulfone groups is 1. The number of benzene rings is 3. The Kier molecular flexibility index (Phi) is 9.46. The highest BCUT2D eigenvalue weighted by atomic mass is 32.2. The topological polar surface area (TPSA) is 72.9 Å². The number of nitrogens with zero attached hydrogens (tertiary/aromatic N) is 1. The summed E-state index contributed by atoms with van der Waals surface area (Å²) >= 11 is 0. The van der Waals surface area contributed by atoms with Gasteiger partial charge in [-0.2, -0.15) is 26.3 Å². The van der Waals surface area contributed by atoms with Gasteiger partial charge >= 0.3 is 18.4 Å². The van der Waals surface area contributed by atoms with Crippen LogP contribution in [0, 0.1) is 5.82 Å². The minimum Gasteiger partial charge on any atom is -0.496 e. The lowest BCUT2D eigenvalue weighted by Gasteiger charge is -2.24. The average molecular weight is 676 g/mol. The SMILES string of the molecule is COc1cc(F)c(C(C)C)cc1-c1ccc(S(=O)(=O)C(C)C)cc1CN1C(=O)O[C@H](c2cc(C(F)(F)F)cc(C(F)(F)F)c2)[C@@H]1C. The van der Waals surface area contributed by atoms with E-state index in [4.69, 9.17) is 9.47 Å². The van der Waals surface area contributed by atoms with E-state index < -0.39 is 68.2 Å². The van der Waals surface area contributed by atoms with Gasteiger partial charge in [-0.3, -0.25) is 4.90 Å². The fraction of sp³-hybridized carbons (Fsp3) is 0.406. The monoisotopic (exact) mass is 675 g/mol. The number of carbonyl (C=O) groups excluding carboxylic acids is 1. The molecule has 0 aromatic heterocycles. The molecule has 14 heteroatoms. The zero-order valence-corrected chi connectivity index (χ0v) is 26.5. The first-order valence-corrected chi connectivity index (χ1v) is 15.7. The van der Waals surface area contributed by atoms with Crippen LogP contribution in [-0.4, -0.2) is 37.8 Å². The number of ether oxygens (including phenoxy) is 2. The minimum atomic E-state index is -5.11. The molecule has 3 aromatic rings. The van der Waals surface area contributed by atoms with Gasteiger partial charge in [0.2, 0.25) is 0 Å². The van der Waals surface area contributed by atoms with E-state index in [9.17, 15) is 43.9 Å². The number of alkyl halides is 6. The molecule has 1 aliphatic rings. The number of carbonyl (C=O) groups is 1. The Hall–Kier alpha value is -3.81. The summed E-state index contributed by atoms with van der Waals surface area (Å²) in [6, 6.07) is 6.82. The molecule has 1 heterocycles. The van der Waals surface area contributed by atoms with E-state index in [2.05, 4.69) is 0 Å². The quantitative estimate of drug-likeness (QED) is 0.223. The van der Waals surface area contributed by atoms with Crippen LogP contribution in [0.1, 0.15) is 74.5 Å². The molecule has 0 saturated carbocycles. The fourth-order valence-corrected chi connectivity index (χ4v) is 6.40. The highest BCUT2D eigenvalue weighted by Crippen LogP contribution is 2.43. The smallest absolute Gasteiger partial charge is 0.416 e. The van der Waals surface area contributed by atoms with Gasteiger partial charge in [-0.1, -0.05) is 19.9 Å². The lowest BCUT2D eigenvalue weighted by atomic mass is 9.93. The third-order valence-electron chi connectivity index (χ3n) is 7.93. The van der Waals surface area contributed by atoms with Gasteiger partial charge in [0, 0.05) is 11.6 Å². The zero-order valence-electron chi connectivity index (χ0n) is 25.7. The van der Waals surface area contributed by atoms with Crippen LogP contribution in [-0.2, 0) is 33.5 Å². The molecule has 0 aliphatic carbocycles. The Morgan fingerprint density at radius 1 is 0.891 bits per heavy atom. The summed E-state index contributed by atoms with van der Waals surface area (Å²) < 4.78 is 133. The molecule has 0 radical (unpaired) electrons. The Morgan fingerprint density at radius 3 is 1.98 bits per heavy atom. The van der Waals surface area contributed by atoms with Crippen molar-refractivity contribution in [1.29, 1.82) is 0 Å². The Balaban J connectivity index is 1.85. The van der Waals surface area contributed by atoms with Gasteiger partial charge in [-0.15, -0.1) is 0 Å². The van der Waals surface area contributed by atoms with Crippen LogP contribution in [0.25, 0.3) is 11.1 Å². The molecule has 1 amide bonds. The van der Waals surface area contributed by atoms with E-state index in [0.717, 1.165) is 4.90 Å². The minimum absolute atomic E-state index is 0.0167. The highest BCUT2D eigenvalue weighted by Gasteiger charge is 2.43. The molecule has 2 atom stereocenters. The van der Waals surface area contributed by atoms with Gasteiger partial charge in [0.1, 0.15) is 17.7 Å². The number of halogens is 7. The zero-order chi connectivity index (χ0) is 34.5. The molecule has 46 heavy (non-hydrogen) atoms. The van der Waals surface area contributed by atoms with Crippen molar-refractivity contribution >= 4 is 15.9 Å². The molecular formula is C32H32F7NO5S. The number of hydrogen-bond acceptors (Lipinski definition) is 5. The van der Waals surface area contributed by atoms with E-state index in [1.807, 2.05) is 0 Å². The van der Waals surface area contributed by atoms with Crippen molar-refractivity contribution in [1.82, 2.24) is 4.90 Å². The molecule has 4 rings (SSSR count). The molecule has 1 aliphatic heterocycles. The van der Waals surface area contributed by atoms with Crippen molar-refractivity contribution in [3.8, 4) is 16.9 Å². The largest absolute Gasteiger partial charge is 0.496 e.